The summed E-state index contributed by atoms with van der Waals surface area (Å²) in [6.07, 6.45) is 3.80. The number of aryl methyl sites for hydroxylation is 1. The first-order valence-corrected chi connectivity index (χ1v) is 5.17. The summed E-state index contributed by atoms with van der Waals surface area (Å²) in [4.78, 5) is 10.8. The van der Waals surface area contributed by atoms with E-state index in [-0.39, 0.29) is 17.8 Å². The van der Waals surface area contributed by atoms with Crippen molar-refractivity contribution in [3.05, 3.63) is 12.4 Å². The monoisotopic (exact) mass is 208 g/mol. The van der Waals surface area contributed by atoms with Gasteiger partial charge in [0.05, 0.1) is 5.60 Å². The van der Waals surface area contributed by atoms with Gasteiger partial charge in [-0.25, -0.2) is 4.89 Å². The van der Waals surface area contributed by atoms with Gasteiger partial charge in [-0.2, -0.15) is 5.10 Å². The van der Waals surface area contributed by atoms with Crippen molar-refractivity contribution in [3.8, 4) is 0 Å². The van der Waals surface area contributed by atoms with Crippen molar-refractivity contribution < 1.29 is 9.69 Å². The summed E-state index contributed by atoms with van der Waals surface area (Å²) in [5.41, 5.74) is 0.779. The van der Waals surface area contributed by atoms with E-state index in [4.69, 9.17) is 9.69 Å². The van der Waals surface area contributed by atoms with Gasteiger partial charge >= 0.3 is 6.92 Å². The highest BCUT2D eigenvalue weighted by Crippen LogP contribution is 2.48. The third-order valence-corrected chi connectivity index (χ3v) is 3.59. The molecule has 2 rings (SSSR count). The van der Waals surface area contributed by atoms with Crippen molar-refractivity contribution in [2.45, 2.75) is 38.6 Å². The summed E-state index contributed by atoms with van der Waals surface area (Å²) in [6, 6.07) is 0. The fraction of sp³-hybridized carbons (Fsp3) is 0.700. The average molecular weight is 208 g/mol. The van der Waals surface area contributed by atoms with Crippen LogP contribution in [0.1, 0.15) is 27.7 Å². The minimum absolute atomic E-state index is 0.0544. The van der Waals surface area contributed by atoms with Crippen LogP contribution in [0.2, 0.25) is 5.31 Å². The summed E-state index contributed by atoms with van der Waals surface area (Å²) < 4.78 is 1.78. The fourth-order valence-electron chi connectivity index (χ4n) is 1.76. The number of nitrogens with zero attached hydrogens (tertiary/aromatic N) is 2. The van der Waals surface area contributed by atoms with Gasteiger partial charge in [0.1, 0.15) is 0 Å². The van der Waals surface area contributed by atoms with E-state index in [1.165, 1.54) is 0 Å². The molecule has 2 heterocycles. The molecule has 0 atom stereocenters. The van der Waals surface area contributed by atoms with Crippen molar-refractivity contribution in [3.63, 3.8) is 0 Å². The molecule has 82 valence electrons. The third kappa shape index (κ3) is 1.50. The Morgan fingerprint density at radius 3 is 2.40 bits per heavy atom. The molecule has 4 nitrogen and oxygen atoms in total. The maximum atomic E-state index is 5.43. The molecular weight excluding hydrogens is 191 g/mol. The first-order valence-electron chi connectivity index (χ1n) is 5.17. The summed E-state index contributed by atoms with van der Waals surface area (Å²) in [5, 5.41) is 4.08. The molecule has 0 unspecified atom stereocenters. The molecule has 0 amide bonds. The predicted octanol–water partition coefficient (Wildman–Crippen LogP) is 1.14. The van der Waals surface area contributed by atoms with Crippen LogP contribution < -0.4 is 5.46 Å². The van der Waals surface area contributed by atoms with Gasteiger partial charge in [0.25, 0.3) is 0 Å². The molecule has 1 aliphatic rings. The highest BCUT2D eigenvalue weighted by Gasteiger charge is 2.56. The molecule has 0 saturated carbocycles. The van der Waals surface area contributed by atoms with Gasteiger partial charge in [0, 0.05) is 24.8 Å². The number of rotatable bonds is 1. The highest BCUT2D eigenvalue weighted by atomic mass is 17.2. The molecule has 1 aliphatic heterocycles. The van der Waals surface area contributed by atoms with Crippen LogP contribution in [-0.2, 0) is 16.7 Å². The van der Waals surface area contributed by atoms with Crippen LogP contribution in [0.4, 0.5) is 0 Å². The van der Waals surface area contributed by atoms with Gasteiger partial charge in [0.15, 0.2) is 0 Å². The first kappa shape index (κ1) is 10.7. The molecule has 0 aromatic carbocycles. The molecular formula is C10H17BN2O2. The van der Waals surface area contributed by atoms with Crippen molar-refractivity contribution in [1.29, 1.82) is 0 Å². The lowest BCUT2D eigenvalue weighted by Gasteiger charge is -2.31. The SMILES string of the molecule is Cn1cc(B2OOC(C)(C)C2(C)C)cn1. The van der Waals surface area contributed by atoms with Crippen molar-refractivity contribution in [2.75, 3.05) is 0 Å². The smallest absolute Gasteiger partial charge is 0.297 e. The lowest BCUT2D eigenvalue weighted by molar-refractivity contribution is -0.261. The van der Waals surface area contributed by atoms with Crippen LogP contribution in [0.15, 0.2) is 12.4 Å². The molecule has 0 spiro atoms. The van der Waals surface area contributed by atoms with Gasteiger partial charge in [-0.1, -0.05) is 13.8 Å². The van der Waals surface area contributed by atoms with Crippen LogP contribution in [0, 0.1) is 0 Å². The van der Waals surface area contributed by atoms with Crippen LogP contribution in [0.25, 0.3) is 0 Å². The molecule has 1 aromatic heterocycles. The quantitative estimate of drug-likeness (QED) is 0.512. The minimum atomic E-state index is -0.284. The lowest BCUT2D eigenvalue weighted by Crippen LogP contribution is -2.43. The Labute approximate surface area is 90.6 Å². The Bertz CT molecular complexity index is 373. The summed E-state index contributed by atoms with van der Waals surface area (Å²) >= 11 is 0. The zero-order valence-corrected chi connectivity index (χ0v) is 9.94. The fourth-order valence-corrected chi connectivity index (χ4v) is 1.76. The van der Waals surface area contributed by atoms with Gasteiger partial charge in [-0.3, -0.25) is 9.49 Å². The van der Waals surface area contributed by atoms with E-state index in [1.807, 2.05) is 33.3 Å². The van der Waals surface area contributed by atoms with E-state index in [0.29, 0.717) is 0 Å². The third-order valence-electron chi connectivity index (χ3n) is 3.59. The molecule has 15 heavy (non-hydrogen) atoms. The van der Waals surface area contributed by atoms with E-state index >= 15 is 0 Å². The minimum Gasteiger partial charge on any atom is -0.297 e. The van der Waals surface area contributed by atoms with E-state index < -0.39 is 0 Å². The maximum absolute atomic E-state index is 5.43. The second-order valence-corrected chi connectivity index (χ2v) is 5.24. The van der Waals surface area contributed by atoms with Gasteiger partial charge in [0.2, 0.25) is 0 Å². The molecule has 1 fully saturated rings. The molecule has 0 radical (unpaired) electrons. The van der Waals surface area contributed by atoms with Crippen molar-refractivity contribution >= 4 is 12.4 Å². The van der Waals surface area contributed by atoms with Gasteiger partial charge < -0.3 is 0 Å². The van der Waals surface area contributed by atoms with Crippen LogP contribution in [-0.4, -0.2) is 22.3 Å². The van der Waals surface area contributed by atoms with E-state index in [9.17, 15) is 0 Å². The Kier molecular flexibility index (Phi) is 2.21. The molecule has 0 bridgehead atoms. The van der Waals surface area contributed by atoms with E-state index in [0.717, 1.165) is 5.46 Å². The topological polar surface area (TPSA) is 36.3 Å². The second-order valence-electron chi connectivity index (χ2n) is 5.24. The number of aromatic nitrogens is 2. The molecule has 0 aliphatic carbocycles. The first-order chi connectivity index (χ1) is 6.84. The Hall–Kier alpha value is -0.805. The Morgan fingerprint density at radius 2 is 2.00 bits per heavy atom. The summed E-state index contributed by atoms with van der Waals surface area (Å²) in [6.45, 7) is 8.34. The van der Waals surface area contributed by atoms with Crippen molar-refractivity contribution in [2.24, 2.45) is 7.05 Å². The second kappa shape index (κ2) is 3.09. The van der Waals surface area contributed by atoms with E-state index in [2.05, 4.69) is 18.9 Å². The Balaban J connectivity index is 2.33. The average Bonchev–Trinajstić information content (AvgIpc) is 2.58. The maximum Gasteiger partial charge on any atom is 0.384 e. The molecule has 0 N–H and O–H groups in total. The Morgan fingerprint density at radius 1 is 1.33 bits per heavy atom. The summed E-state index contributed by atoms with van der Waals surface area (Å²) in [7, 11) is 1.90. The lowest BCUT2D eigenvalue weighted by atomic mass is 9.40. The van der Waals surface area contributed by atoms with E-state index in [1.54, 1.807) is 4.68 Å². The van der Waals surface area contributed by atoms with Gasteiger partial charge in [-0.15, -0.1) is 0 Å². The molecule has 5 heteroatoms. The molecule has 1 saturated heterocycles. The highest BCUT2D eigenvalue weighted by molar-refractivity contribution is 6.70. The number of hydrogen-bond acceptors (Lipinski definition) is 3. The largest absolute Gasteiger partial charge is 0.384 e. The predicted molar refractivity (Wildman–Crippen MR) is 58.9 cm³/mol. The van der Waals surface area contributed by atoms with Crippen LogP contribution in [0.3, 0.4) is 0 Å². The summed E-state index contributed by atoms with van der Waals surface area (Å²) in [5.74, 6) is 0. The van der Waals surface area contributed by atoms with Crippen molar-refractivity contribution in [1.82, 2.24) is 9.78 Å². The number of hydrogen-bond donors (Lipinski definition) is 0. The zero-order chi connectivity index (χ0) is 11.3. The van der Waals surface area contributed by atoms with Gasteiger partial charge in [-0.05, 0) is 19.3 Å². The van der Waals surface area contributed by atoms with Crippen LogP contribution in [0.5, 0.6) is 0 Å². The molecule has 1 aromatic rings. The standard InChI is InChI=1S/C10H17BN2O2/c1-9(2)10(3,4)14-15-11(9)8-6-12-13(5)7-8/h6-7H,1-5H3. The van der Waals surface area contributed by atoms with Crippen LogP contribution >= 0.6 is 0 Å². The normalized spacial score (nSPS) is 23.4. The zero-order valence-electron chi connectivity index (χ0n) is 9.94.